The highest BCUT2D eigenvalue weighted by Gasteiger charge is 2.15. The Morgan fingerprint density at radius 1 is 0.917 bits per heavy atom. The van der Waals surface area contributed by atoms with Crippen LogP contribution in [0.1, 0.15) is 39.2 Å². The molecule has 1 aromatic heterocycles. The highest BCUT2D eigenvalue weighted by Crippen LogP contribution is 2.30. The molecule has 0 amide bonds. The van der Waals surface area contributed by atoms with Crippen LogP contribution in [0.2, 0.25) is 10.0 Å². The summed E-state index contributed by atoms with van der Waals surface area (Å²) in [6.45, 7) is 6.87. The minimum absolute atomic E-state index is 0.0836. The monoisotopic (exact) mass is 524 g/mol. The lowest BCUT2D eigenvalue weighted by atomic mass is 9.87. The Kier molecular flexibility index (Phi) is 7.72. The standard InChI is InChI=1S/C29H26Cl2O5/c1-29(2,3)18-6-9-20(10-7-18)34-14-4-5-27(32)36-21-11-13-23-26(16-21)35-17-24(28(23)33)22-12-8-19(30)15-25(22)31/h6-13,15-17H,4-5,14H2,1-3H3. The van der Waals surface area contributed by atoms with Crippen molar-refractivity contribution in [1.29, 1.82) is 0 Å². The van der Waals surface area contributed by atoms with E-state index >= 15 is 0 Å². The maximum atomic E-state index is 13.0. The predicted molar refractivity (Wildman–Crippen MR) is 143 cm³/mol. The summed E-state index contributed by atoms with van der Waals surface area (Å²) in [6.07, 6.45) is 2.04. The molecule has 0 fully saturated rings. The molecule has 0 unspecified atom stereocenters. The molecular weight excluding hydrogens is 499 g/mol. The van der Waals surface area contributed by atoms with Crippen molar-refractivity contribution in [3.8, 4) is 22.6 Å². The van der Waals surface area contributed by atoms with Crippen LogP contribution >= 0.6 is 23.2 Å². The summed E-state index contributed by atoms with van der Waals surface area (Å²) < 4.78 is 16.8. The minimum Gasteiger partial charge on any atom is -0.494 e. The fourth-order valence-electron chi connectivity index (χ4n) is 3.71. The molecule has 186 valence electrons. The number of ether oxygens (including phenoxy) is 2. The van der Waals surface area contributed by atoms with Gasteiger partial charge < -0.3 is 13.9 Å². The first kappa shape index (κ1) is 25.8. The molecule has 1 heterocycles. The van der Waals surface area contributed by atoms with E-state index in [9.17, 15) is 9.59 Å². The lowest BCUT2D eigenvalue weighted by Gasteiger charge is -2.19. The molecule has 0 radical (unpaired) electrons. The third kappa shape index (κ3) is 6.10. The SMILES string of the molecule is CC(C)(C)c1ccc(OCCCC(=O)Oc2ccc3c(=O)c(-c4ccc(Cl)cc4Cl)coc3c2)cc1. The second-order valence-corrected chi connectivity index (χ2v) is 10.3. The van der Waals surface area contributed by atoms with Crippen LogP contribution < -0.4 is 14.9 Å². The largest absolute Gasteiger partial charge is 0.494 e. The Morgan fingerprint density at radius 3 is 2.33 bits per heavy atom. The number of benzene rings is 3. The number of esters is 1. The molecule has 0 N–H and O–H groups in total. The van der Waals surface area contributed by atoms with Crippen LogP contribution in [0.15, 0.2) is 76.1 Å². The van der Waals surface area contributed by atoms with Gasteiger partial charge in [-0.05, 0) is 53.8 Å². The molecular formula is C29H26Cl2O5. The summed E-state index contributed by atoms with van der Waals surface area (Å²) >= 11 is 12.2. The number of carbonyl (C=O) groups is 1. The number of rotatable bonds is 7. The Labute approximate surface area is 219 Å². The summed E-state index contributed by atoms with van der Waals surface area (Å²) in [5, 5.41) is 1.18. The van der Waals surface area contributed by atoms with Crippen molar-refractivity contribution in [2.45, 2.75) is 39.0 Å². The van der Waals surface area contributed by atoms with Crippen molar-refractivity contribution >= 4 is 40.1 Å². The minimum atomic E-state index is -0.395. The van der Waals surface area contributed by atoms with E-state index in [1.54, 1.807) is 30.3 Å². The van der Waals surface area contributed by atoms with E-state index in [1.807, 2.05) is 12.1 Å². The van der Waals surface area contributed by atoms with Crippen molar-refractivity contribution < 1.29 is 18.7 Å². The maximum Gasteiger partial charge on any atom is 0.311 e. The molecule has 0 saturated heterocycles. The molecule has 36 heavy (non-hydrogen) atoms. The lowest BCUT2D eigenvalue weighted by Crippen LogP contribution is -2.11. The molecule has 5 nitrogen and oxygen atoms in total. The Bertz CT molecular complexity index is 1450. The van der Waals surface area contributed by atoms with Crippen LogP contribution in [0.3, 0.4) is 0 Å². The van der Waals surface area contributed by atoms with E-state index < -0.39 is 5.97 Å². The van der Waals surface area contributed by atoms with Crippen LogP contribution in [0.5, 0.6) is 11.5 Å². The van der Waals surface area contributed by atoms with Gasteiger partial charge in [0.05, 0.1) is 22.6 Å². The van der Waals surface area contributed by atoms with Gasteiger partial charge in [0, 0.05) is 23.1 Å². The quantitative estimate of drug-likeness (QED) is 0.140. The number of hydrogen-bond donors (Lipinski definition) is 0. The molecule has 0 saturated carbocycles. The first-order chi connectivity index (χ1) is 17.1. The van der Waals surface area contributed by atoms with Gasteiger partial charge in [-0.3, -0.25) is 9.59 Å². The van der Waals surface area contributed by atoms with Crippen LogP contribution in [0.4, 0.5) is 0 Å². The van der Waals surface area contributed by atoms with Gasteiger partial charge in [0.1, 0.15) is 23.3 Å². The molecule has 4 aromatic rings. The molecule has 0 aliphatic carbocycles. The average Bonchev–Trinajstić information content (AvgIpc) is 2.82. The Morgan fingerprint density at radius 2 is 1.64 bits per heavy atom. The zero-order valence-corrected chi connectivity index (χ0v) is 21.8. The van der Waals surface area contributed by atoms with Gasteiger partial charge in [0.15, 0.2) is 0 Å². The number of fused-ring (bicyclic) bond motifs is 1. The first-order valence-electron chi connectivity index (χ1n) is 11.6. The summed E-state index contributed by atoms with van der Waals surface area (Å²) in [6, 6.07) is 17.5. The van der Waals surface area contributed by atoms with Crippen molar-refractivity contribution in [3.05, 3.63) is 92.8 Å². The number of carbonyl (C=O) groups excluding carboxylic acids is 1. The average molecular weight is 525 g/mol. The normalized spacial score (nSPS) is 11.5. The third-order valence-corrected chi connectivity index (χ3v) is 6.26. The van der Waals surface area contributed by atoms with Crippen molar-refractivity contribution in [3.63, 3.8) is 0 Å². The zero-order chi connectivity index (χ0) is 25.9. The van der Waals surface area contributed by atoms with Crippen molar-refractivity contribution in [2.75, 3.05) is 6.61 Å². The van der Waals surface area contributed by atoms with E-state index in [1.165, 1.54) is 17.9 Å². The highest BCUT2D eigenvalue weighted by atomic mass is 35.5. The van der Waals surface area contributed by atoms with Crippen LogP contribution in [-0.2, 0) is 10.2 Å². The molecule has 4 rings (SSSR count). The van der Waals surface area contributed by atoms with E-state index in [4.69, 9.17) is 37.1 Å². The summed E-state index contributed by atoms with van der Waals surface area (Å²) in [5.74, 6) is 0.666. The second-order valence-electron chi connectivity index (χ2n) is 9.46. The molecule has 3 aromatic carbocycles. The first-order valence-corrected chi connectivity index (χ1v) is 12.3. The third-order valence-electron chi connectivity index (χ3n) is 5.71. The van der Waals surface area contributed by atoms with Crippen molar-refractivity contribution in [1.82, 2.24) is 0 Å². The summed E-state index contributed by atoms with van der Waals surface area (Å²) in [5.41, 5.74) is 2.23. The lowest BCUT2D eigenvalue weighted by molar-refractivity contribution is -0.134. The number of halogens is 2. The number of hydrogen-bond acceptors (Lipinski definition) is 5. The van der Waals surface area contributed by atoms with Gasteiger partial charge in [-0.25, -0.2) is 0 Å². The van der Waals surface area contributed by atoms with E-state index in [2.05, 4.69) is 32.9 Å². The predicted octanol–water partition coefficient (Wildman–Crippen LogP) is 7.83. The van der Waals surface area contributed by atoms with E-state index in [0.29, 0.717) is 50.9 Å². The molecule has 0 bridgehead atoms. The van der Waals surface area contributed by atoms with E-state index in [-0.39, 0.29) is 17.3 Å². The van der Waals surface area contributed by atoms with Gasteiger partial charge >= 0.3 is 5.97 Å². The Hall–Kier alpha value is -3.28. The van der Waals surface area contributed by atoms with E-state index in [0.717, 1.165) is 5.75 Å². The van der Waals surface area contributed by atoms with Gasteiger partial charge in [-0.2, -0.15) is 0 Å². The van der Waals surface area contributed by atoms with Gasteiger partial charge in [0.2, 0.25) is 5.43 Å². The highest BCUT2D eigenvalue weighted by molar-refractivity contribution is 6.36. The maximum absolute atomic E-state index is 13.0. The zero-order valence-electron chi connectivity index (χ0n) is 20.3. The molecule has 0 spiro atoms. The van der Waals surface area contributed by atoms with Gasteiger partial charge in [-0.1, -0.05) is 62.2 Å². The second kappa shape index (κ2) is 10.8. The molecule has 0 aliphatic heterocycles. The summed E-state index contributed by atoms with van der Waals surface area (Å²) in [4.78, 5) is 25.3. The molecule has 0 atom stereocenters. The van der Waals surface area contributed by atoms with Crippen molar-refractivity contribution in [2.24, 2.45) is 0 Å². The Balaban J connectivity index is 1.35. The fraction of sp³-hybridized carbons (Fsp3) is 0.241. The topological polar surface area (TPSA) is 65.7 Å². The summed E-state index contributed by atoms with van der Waals surface area (Å²) in [7, 11) is 0. The van der Waals surface area contributed by atoms with Crippen LogP contribution in [0, 0.1) is 0 Å². The van der Waals surface area contributed by atoms with Gasteiger partial charge in [-0.15, -0.1) is 0 Å². The molecule has 0 aliphatic rings. The van der Waals surface area contributed by atoms with Gasteiger partial charge in [0.25, 0.3) is 0 Å². The smallest absolute Gasteiger partial charge is 0.311 e. The van der Waals surface area contributed by atoms with Crippen LogP contribution in [0.25, 0.3) is 22.1 Å². The fourth-order valence-corrected chi connectivity index (χ4v) is 4.22. The van der Waals surface area contributed by atoms with Crippen LogP contribution in [-0.4, -0.2) is 12.6 Å². The molecule has 7 heteroatoms.